The zero-order valence-corrected chi connectivity index (χ0v) is 16.3. The summed E-state index contributed by atoms with van der Waals surface area (Å²) in [4.78, 5) is 13.1. The molecule has 148 valence electrons. The fourth-order valence-corrected chi connectivity index (χ4v) is 3.24. The summed E-state index contributed by atoms with van der Waals surface area (Å²) in [7, 11) is 3.19. The summed E-state index contributed by atoms with van der Waals surface area (Å²) in [5, 5.41) is 0. The van der Waals surface area contributed by atoms with Gasteiger partial charge in [0.2, 0.25) is 0 Å². The molecular formula is C24H22O5. The maximum atomic E-state index is 13.1. The van der Waals surface area contributed by atoms with E-state index < -0.39 is 6.10 Å². The molecule has 0 radical (unpaired) electrons. The van der Waals surface area contributed by atoms with E-state index in [4.69, 9.17) is 18.9 Å². The smallest absolute Gasteiger partial charge is 0.198 e. The number of rotatable bonds is 8. The third-order valence-corrected chi connectivity index (χ3v) is 4.84. The van der Waals surface area contributed by atoms with E-state index in [1.807, 2.05) is 60.7 Å². The summed E-state index contributed by atoms with van der Waals surface area (Å²) in [5.74, 6) is 1.78. The predicted octanol–water partition coefficient (Wildman–Crippen LogP) is 4.61. The second-order valence-electron chi connectivity index (χ2n) is 6.76. The highest BCUT2D eigenvalue weighted by atomic mass is 16.6. The van der Waals surface area contributed by atoms with Gasteiger partial charge in [-0.1, -0.05) is 42.5 Å². The van der Waals surface area contributed by atoms with Crippen molar-refractivity contribution in [2.45, 2.75) is 18.8 Å². The van der Waals surface area contributed by atoms with Crippen molar-refractivity contribution < 1.29 is 23.7 Å². The summed E-state index contributed by atoms with van der Waals surface area (Å²) in [5.41, 5.74) is 2.41. The van der Waals surface area contributed by atoms with Crippen molar-refractivity contribution in [2.75, 3.05) is 14.2 Å². The minimum atomic E-state index is -0.548. The van der Waals surface area contributed by atoms with Crippen LogP contribution < -0.4 is 14.2 Å². The Morgan fingerprint density at radius 3 is 2.24 bits per heavy atom. The van der Waals surface area contributed by atoms with Crippen molar-refractivity contribution in [3.05, 3.63) is 89.5 Å². The maximum Gasteiger partial charge on any atom is 0.198 e. The molecule has 0 N–H and O–H groups in total. The Balaban J connectivity index is 1.50. The van der Waals surface area contributed by atoms with E-state index in [0.717, 1.165) is 11.1 Å². The number of carbonyl (C=O) groups excluding carboxylic acids is 1. The number of ether oxygens (including phenoxy) is 4. The van der Waals surface area contributed by atoms with Crippen LogP contribution in [0.4, 0.5) is 0 Å². The van der Waals surface area contributed by atoms with Crippen LogP contribution in [0.2, 0.25) is 0 Å². The second kappa shape index (κ2) is 8.37. The number of carbonyl (C=O) groups is 1. The molecule has 1 heterocycles. The van der Waals surface area contributed by atoms with Gasteiger partial charge in [-0.05, 0) is 35.4 Å². The molecule has 29 heavy (non-hydrogen) atoms. The molecule has 1 saturated heterocycles. The van der Waals surface area contributed by atoms with E-state index in [-0.39, 0.29) is 11.9 Å². The van der Waals surface area contributed by atoms with E-state index in [1.165, 1.54) is 0 Å². The monoisotopic (exact) mass is 390 g/mol. The standard InChI is InChI=1S/C24H22O5/c1-26-18-12-17(13-19(14-18)27-2)23-24(29-23)22(25)20-10-6-7-11-21(20)28-15-16-8-4-3-5-9-16/h3-14,23-24H,15H2,1-2H3/t23-,24+/m1/s1. The van der Waals surface area contributed by atoms with Crippen LogP contribution in [-0.2, 0) is 11.3 Å². The van der Waals surface area contributed by atoms with E-state index in [0.29, 0.717) is 29.4 Å². The van der Waals surface area contributed by atoms with Crippen molar-refractivity contribution in [3.63, 3.8) is 0 Å². The van der Waals surface area contributed by atoms with Crippen LogP contribution in [0.1, 0.15) is 27.6 Å². The van der Waals surface area contributed by atoms with Crippen molar-refractivity contribution in [2.24, 2.45) is 0 Å². The molecule has 5 nitrogen and oxygen atoms in total. The van der Waals surface area contributed by atoms with Crippen LogP contribution in [0, 0.1) is 0 Å². The van der Waals surface area contributed by atoms with Gasteiger partial charge in [0.1, 0.15) is 30.0 Å². The Kier molecular flexibility index (Phi) is 5.49. The van der Waals surface area contributed by atoms with Gasteiger partial charge in [-0.3, -0.25) is 4.79 Å². The van der Waals surface area contributed by atoms with Crippen LogP contribution in [0.15, 0.2) is 72.8 Å². The van der Waals surface area contributed by atoms with Gasteiger partial charge in [0, 0.05) is 6.07 Å². The quantitative estimate of drug-likeness (QED) is 0.415. The lowest BCUT2D eigenvalue weighted by Gasteiger charge is -2.10. The molecule has 1 aliphatic heterocycles. The number of para-hydroxylation sites is 1. The number of Topliss-reactive ketones (excluding diaryl/α,β-unsaturated/α-hetero) is 1. The van der Waals surface area contributed by atoms with Crippen molar-refractivity contribution in [1.82, 2.24) is 0 Å². The highest BCUT2D eigenvalue weighted by Crippen LogP contribution is 2.44. The van der Waals surface area contributed by atoms with Crippen LogP contribution in [0.25, 0.3) is 0 Å². The van der Waals surface area contributed by atoms with Gasteiger partial charge >= 0.3 is 0 Å². The molecule has 0 spiro atoms. The van der Waals surface area contributed by atoms with Crippen LogP contribution in [0.5, 0.6) is 17.2 Å². The van der Waals surface area contributed by atoms with Crippen LogP contribution in [-0.4, -0.2) is 26.1 Å². The van der Waals surface area contributed by atoms with Crippen LogP contribution >= 0.6 is 0 Å². The number of hydrogen-bond acceptors (Lipinski definition) is 5. The fraction of sp³-hybridized carbons (Fsp3) is 0.208. The SMILES string of the molecule is COc1cc(OC)cc([C@H]2O[C@H]2C(=O)c2ccccc2OCc2ccccc2)c1. The first-order chi connectivity index (χ1) is 14.2. The Bertz CT molecular complexity index is 977. The van der Waals surface area contributed by atoms with E-state index in [1.54, 1.807) is 26.4 Å². The van der Waals surface area contributed by atoms with Gasteiger partial charge in [-0.2, -0.15) is 0 Å². The Hall–Kier alpha value is -3.31. The minimum Gasteiger partial charge on any atom is -0.497 e. The molecular weight excluding hydrogens is 368 g/mol. The third kappa shape index (κ3) is 4.25. The molecule has 4 rings (SSSR count). The number of epoxide rings is 1. The summed E-state index contributed by atoms with van der Waals surface area (Å²) in [6.45, 7) is 0.396. The average Bonchev–Trinajstić information content (AvgIpc) is 3.59. The average molecular weight is 390 g/mol. The molecule has 0 aliphatic carbocycles. The molecule has 0 saturated carbocycles. The third-order valence-electron chi connectivity index (χ3n) is 4.84. The number of benzene rings is 3. The molecule has 0 bridgehead atoms. The van der Waals surface area contributed by atoms with E-state index in [2.05, 4.69) is 0 Å². The zero-order valence-electron chi connectivity index (χ0n) is 16.3. The van der Waals surface area contributed by atoms with Gasteiger partial charge in [-0.15, -0.1) is 0 Å². The van der Waals surface area contributed by atoms with E-state index >= 15 is 0 Å². The lowest BCUT2D eigenvalue weighted by atomic mass is 10.0. The Labute approximate surface area is 169 Å². The molecule has 3 aromatic rings. The van der Waals surface area contributed by atoms with Gasteiger partial charge in [0.05, 0.1) is 19.8 Å². The summed E-state index contributed by atoms with van der Waals surface area (Å²) in [6.07, 6.45) is -0.873. The lowest BCUT2D eigenvalue weighted by Crippen LogP contribution is -2.11. The predicted molar refractivity (Wildman–Crippen MR) is 109 cm³/mol. The number of ketones is 1. The first-order valence-electron chi connectivity index (χ1n) is 9.38. The molecule has 3 aromatic carbocycles. The van der Waals surface area contributed by atoms with Gasteiger partial charge in [0.25, 0.3) is 0 Å². The normalized spacial score (nSPS) is 17.4. The molecule has 2 atom stereocenters. The fourth-order valence-electron chi connectivity index (χ4n) is 3.24. The van der Waals surface area contributed by atoms with E-state index in [9.17, 15) is 4.79 Å². The van der Waals surface area contributed by atoms with Crippen molar-refractivity contribution >= 4 is 5.78 Å². The Morgan fingerprint density at radius 2 is 1.55 bits per heavy atom. The zero-order chi connectivity index (χ0) is 20.2. The van der Waals surface area contributed by atoms with Crippen molar-refractivity contribution in [1.29, 1.82) is 0 Å². The number of methoxy groups -OCH3 is 2. The molecule has 0 aromatic heterocycles. The number of hydrogen-bond donors (Lipinski definition) is 0. The molecule has 0 amide bonds. The second-order valence-corrected chi connectivity index (χ2v) is 6.76. The highest BCUT2D eigenvalue weighted by molar-refractivity contribution is 6.03. The van der Waals surface area contributed by atoms with Crippen LogP contribution in [0.3, 0.4) is 0 Å². The first-order valence-corrected chi connectivity index (χ1v) is 9.38. The van der Waals surface area contributed by atoms with Gasteiger partial charge in [0.15, 0.2) is 11.9 Å². The maximum absolute atomic E-state index is 13.1. The molecule has 0 unspecified atom stereocenters. The first kappa shape index (κ1) is 19.0. The van der Waals surface area contributed by atoms with Gasteiger partial charge in [-0.25, -0.2) is 0 Å². The van der Waals surface area contributed by atoms with Gasteiger partial charge < -0.3 is 18.9 Å². The highest BCUT2D eigenvalue weighted by Gasteiger charge is 2.47. The molecule has 5 heteroatoms. The lowest BCUT2D eigenvalue weighted by molar-refractivity contribution is 0.0949. The Morgan fingerprint density at radius 1 is 0.897 bits per heavy atom. The minimum absolute atomic E-state index is 0.0968. The molecule has 1 fully saturated rings. The summed E-state index contributed by atoms with van der Waals surface area (Å²) in [6, 6.07) is 22.6. The topological polar surface area (TPSA) is 57.3 Å². The molecule has 1 aliphatic rings. The van der Waals surface area contributed by atoms with Crippen molar-refractivity contribution in [3.8, 4) is 17.2 Å². The largest absolute Gasteiger partial charge is 0.497 e. The summed E-state index contributed by atoms with van der Waals surface area (Å²) >= 11 is 0. The summed E-state index contributed by atoms with van der Waals surface area (Å²) < 4.78 is 22.3.